The predicted octanol–water partition coefficient (Wildman–Crippen LogP) is 2.26. The second-order valence-electron chi connectivity index (χ2n) is 2.95. The third-order valence-corrected chi connectivity index (χ3v) is 2.38. The zero-order chi connectivity index (χ0) is 9.84. The smallest absolute Gasteiger partial charge is 0.167 e. The molecule has 0 fully saturated rings. The van der Waals surface area contributed by atoms with Crippen molar-refractivity contribution in [2.45, 2.75) is 6.92 Å². The normalized spacial score (nSPS) is 12.5. The minimum Gasteiger partial charge on any atom is -0.396 e. The maximum absolute atomic E-state index is 11.5. The summed E-state index contributed by atoms with van der Waals surface area (Å²) < 4.78 is 0.945. The molecule has 1 rings (SSSR count). The second-order valence-corrected chi connectivity index (χ2v) is 3.87. The number of hydrogen-bond acceptors (Lipinski definition) is 2. The summed E-state index contributed by atoms with van der Waals surface area (Å²) >= 11 is 3.29. The molecular weight excluding hydrogens is 232 g/mol. The van der Waals surface area contributed by atoms with Crippen molar-refractivity contribution in [1.82, 2.24) is 0 Å². The van der Waals surface area contributed by atoms with Gasteiger partial charge in [0.2, 0.25) is 0 Å². The van der Waals surface area contributed by atoms with Crippen LogP contribution < -0.4 is 0 Å². The summed E-state index contributed by atoms with van der Waals surface area (Å²) in [6.45, 7) is 1.61. The molecule has 1 atom stereocenters. The van der Waals surface area contributed by atoms with Crippen LogP contribution in [0.1, 0.15) is 17.3 Å². The zero-order valence-electron chi connectivity index (χ0n) is 7.33. The van der Waals surface area contributed by atoms with Gasteiger partial charge in [-0.1, -0.05) is 35.0 Å². The SMILES string of the molecule is CC(CO)C(=O)c1ccc(Br)cc1. The molecule has 70 valence electrons. The fraction of sp³-hybridized carbons (Fsp3) is 0.300. The highest BCUT2D eigenvalue weighted by Gasteiger charge is 2.13. The largest absolute Gasteiger partial charge is 0.396 e. The summed E-state index contributed by atoms with van der Waals surface area (Å²) in [7, 11) is 0. The van der Waals surface area contributed by atoms with Crippen molar-refractivity contribution >= 4 is 21.7 Å². The van der Waals surface area contributed by atoms with E-state index in [0.717, 1.165) is 4.47 Å². The standard InChI is InChI=1S/C10H11BrO2/c1-7(6-12)10(13)8-2-4-9(11)5-3-8/h2-5,7,12H,6H2,1H3. The Kier molecular flexibility index (Phi) is 3.63. The number of aliphatic hydroxyl groups is 1. The molecule has 1 aromatic carbocycles. The quantitative estimate of drug-likeness (QED) is 0.827. The average molecular weight is 243 g/mol. The Labute approximate surface area is 85.7 Å². The Morgan fingerprint density at radius 2 is 2.00 bits per heavy atom. The molecule has 0 amide bonds. The van der Waals surface area contributed by atoms with E-state index in [4.69, 9.17) is 5.11 Å². The Morgan fingerprint density at radius 1 is 1.46 bits per heavy atom. The lowest BCUT2D eigenvalue weighted by Crippen LogP contribution is -2.14. The van der Waals surface area contributed by atoms with Crippen molar-refractivity contribution in [1.29, 1.82) is 0 Å². The molecule has 2 nitrogen and oxygen atoms in total. The number of aliphatic hydroxyl groups excluding tert-OH is 1. The van der Waals surface area contributed by atoms with Crippen LogP contribution in [0.3, 0.4) is 0 Å². The summed E-state index contributed by atoms with van der Waals surface area (Å²) in [5.74, 6) is -0.337. The van der Waals surface area contributed by atoms with Crippen molar-refractivity contribution in [2.75, 3.05) is 6.61 Å². The molecule has 0 aliphatic heterocycles. The van der Waals surface area contributed by atoms with E-state index in [1.165, 1.54) is 0 Å². The highest BCUT2D eigenvalue weighted by atomic mass is 79.9. The van der Waals surface area contributed by atoms with E-state index >= 15 is 0 Å². The highest BCUT2D eigenvalue weighted by molar-refractivity contribution is 9.10. The molecule has 0 heterocycles. The molecule has 0 saturated carbocycles. The first-order valence-electron chi connectivity index (χ1n) is 4.05. The van der Waals surface area contributed by atoms with Crippen LogP contribution in [0.4, 0.5) is 0 Å². The van der Waals surface area contributed by atoms with E-state index in [-0.39, 0.29) is 18.3 Å². The van der Waals surface area contributed by atoms with Gasteiger partial charge in [-0.15, -0.1) is 0 Å². The van der Waals surface area contributed by atoms with Gasteiger partial charge in [-0.2, -0.15) is 0 Å². The number of Topliss-reactive ketones (excluding diaryl/α,β-unsaturated/α-hetero) is 1. The topological polar surface area (TPSA) is 37.3 Å². The van der Waals surface area contributed by atoms with Gasteiger partial charge in [-0.3, -0.25) is 4.79 Å². The van der Waals surface area contributed by atoms with Crippen molar-refractivity contribution < 1.29 is 9.90 Å². The maximum Gasteiger partial charge on any atom is 0.167 e. The van der Waals surface area contributed by atoms with E-state index in [1.807, 2.05) is 12.1 Å². The van der Waals surface area contributed by atoms with Crippen LogP contribution in [0, 0.1) is 5.92 Å². The zero-order valence-corrected chi connectivity index (χ0v) is 8.91. The predicted molar refractivity (Wildman–Crippen MR) is 54.7 cm³/mol. The van der Waals surface area contributed by atoms with Crippen molar-refractivity contribution in [2.24, 2.45) is 5.92 Å². The van der Waals surface area contributed by atoms with E-state index < -0.39 is 0 Å². The molecule has 0 bridgehead atoms. The van der Waals surface area contributed by atoms with E-state index in [9.17, 15) is 4.79 Å². The van der Waals surface area contributed by atoms with Gasteiger partial charge < -0.3 is 5.11 Å². The van der Waals surface area contributed by atoms with Crippen molar-refractivity contribution in [3.05, 3.63) is 34.3 Å². The lowest BCUT2D eigenvalue weighted by molar-refractivity contribution is 0.0877. The van der Waals surface area contributed by atoms with Gasteiger partial charge in [-0.25, -0.2) is 0 Å². The first kappa shape index (κ1) is 10.4. The minimum atomic E-state index is -0.318. The van der Waals surface area contributed by atoms with Gasteiger partial charge in [-0.05, 0) is 12.1 Å². The molecule has 0 aliphatic carbocycles. The first-order valence-corrected chi connectivity index (χ1v) is 4.85. The molecule has 13 heavy (non-hydrogen) atoms. The van der Waals surface area contributed by atoms with Crippen LogP contribution in [0.15, 0.2) is 28.7 Å². The Hall–Kier alpha value is -0.670. The number of carbonyl (C=O) groups excluding carboxylic acids is 1. The molecule has 0 aliphatic rings. The van der Waals surface area contributed by atoms with Gasteiger partial charge in [0, 0.05) is 16.0 Å². The van der Waals surface area contributed by atoms with Crippen LogP contribution in [-0.2, 0) is 0 Å². The Morgan fingerprint density at radius 3 is 2.46 bits per heavy atom. The number of halogens is 1. The molecular formula is C10H11BrO2. The maximum atomic E-state index is 11.5. The minimum absolute atomic E-state index is 0.0185. The van der Waals surface area contributed by atoms with Gasteiger partial charge >= 0.3 is 0 Å². The Balaban J connectivity index is 2.83. The molecule has 0 radical (unpaired) electrons. The second kappa shape index (κ2) is 4.53. The Bertz CT molecular complexity index is 292. The van der Waals surface area contributed by atoms with Crippen LogP contribution in [-0.4, -0.2) is 17.5 Å². The molecule has 1 unspecified atom stereocenters. The highest BCUT2D eigenvalue weighted by Crippen LogP contribution is 2.13. The monoisotopic (exact) mass is 242 g/mol. The van der Waals surface area contributed by atoms with Gasteiger partial charge in [0.1, 0.15) is 0 Å². The van der Waals surface area contributed by atoms with Gasteiger partial charge in [0.25, 0.3) is 0 Å². The summed E-state index contributed by atoms with van der Waals surface area (Å²) in [5, 5.41) is 8.79. The first-order chi connectivity index (χ1) is 6.15. The lowest BCUT2D eigenvalue weighted by Gasteiger charge is -2.06. The molecule has 0 saturated heterocycles. The van der Waals surface area contributed by atoms with Crippen LogP contribution in [0.2, 0.25) is 0 Å². The fourth-order valence-electron chi connectivity index (χ4n) is 0.982. The van der Waals surface area contributed by atoms with E-state index in [0.29, 0.717) is 5.56 Å². The van der Waals surface area contributed by atoms with Crippen LogP contribution in [0.25, 0.3) is 0 Å². The molecule has 1 aromatic rings. The lowest BCUT2D eigenvalue weighted by atomic mass is 10.0. The average Bonchev–Trinajstić information content (AvgIpc) is 2.17. The van der Waals surface area contributed by atoms with Crippen molar-refractivity contribution in [3.63, 3.8) is 0 Å². The van der Waals surface area contributed by atoms with Crippen LogP contribution in [0.5, 0.6) is 0 Å². The van der Waals surface area contributed by atoms with Gasteiger partial charge in [0.15, 0.2) is 5.78 Å². The summed E-state index contributed by atoms with van der Waals surface area (Å²) in [6.07, 6.45) is 0. The summed E-state index contributed by atoms with van der Waals surface area (Å²) in [6, 6.07) is 7.13. The third-order valence-electron chi connectivity index (χ3n) is 1.85. The van der Waals surface area contributed by atoms with E-state index in [2.05, 4.69) is 15.9 Å². The number of carbonyl (C=O) groups is 1. The number of rotatable bonds is 3. The number of ketones is 1. The molecule has 1 N–H and O–H groups in total. The van der Waals surface area contributed by atoms with Crippen molar-refractivity contribution in [3.8, 4) is 0 Å². The molecule has 3 heteroatoms. The third kappa shape index (κ3) is 2.64. The van der Waals surface area contributed by atoms with Gasteiger partial charge in [0.05, 0.1) is 6.61 Å². The molecule has 0 aromatic heterocycles. The molecule has 0 spiro atoms. The number of hydrogen-bond donors (Lipinski definition) is 1. The van der Waals surface area contributed by atoms with E-state index in [1.54, 1.807) is 19.1 Å². The number of benzene rings is 1. The summed E-state index contributed by atoms with van der Waals surface area (Å²) in [4.78, 5) is 11.5. The summed E-state index contributed by atoms with van der Waals surface area (Å²) in [5.41, 5.74) is 0.643. The van der Waals surface area contributed by atoms with Crippen LogP contribution >= 0.6 is 15.9 Å². The fourth-order valence-corrected chi connectivity index (χ4v) is 1.25.